The maximum atomic E-state index is 11.3. The number of carboxylic acids is 1. The number of hydrogen-bond donors (Lipinski definition) is 1. The number of ether oxygens (including phenoxy) is 1. The molecule has 1 N–H and O–H groups in total. The molecule has 2 aromatic rings. The monoisotopic (exact) mass is 258 g/mol. The third kappa shape index (κ3) is 3.05. The highest BCUT2D eigenvalue weighted by Gasteiger charge is 2.14. The molecular weight excluding hydrogens is 240 g/mol. The molecule has 0 radical (unpaired) electrons. The molecule has 0 aliphatic rings. The van der Waals surface area contributed by atoms with Crippen LogP contribution in [0.15, 0.2) is 36.4 Å². The number of benzene rings is 2. The number of carboxylic acid groups (broad SMARTS) is 1. The summed E-state index contributed by atoms with van der Waals surface area (Å²) in [4.78, 5) is 11.3. The predicted molar refractivity (Wildman–Crippen MR) is 75.9 cm³/mol. The van der Waals surface area contributed by atoms with Crippen LogP contribution in [0, 0.1) is 0 Å². The number of rotatable bonds is 5. The summed E-state index contributed by atoms with van der Waals surface area (Å²) >= 11 is 0. The lowest BCUT2D eigenvalue weighted by atomic mass is 10.1. The van der Waals surface area contributed by atoms with Gasteiger partial charge in [0.05, 0.1) is 6.10 Å². The first-order valence-corrected chi connectivity index (χ1v) is 6.54. The van der Waals surface area contributed by atoms with E-state index in [1.54, 1.807) is 6.07 Å². The molecule has 1 atom stereocenters. The van der Waals surface area contributed by atoms with Gasteiger partial charge in [-0.2, -0.15) is 0 Å². The Morgan fingerprint density at radius 3 is 2.47 bits per heavy atom. The molecule has 0 heterocycles. The van der Waals surface area contributed by atoms with E-state index >= 15 is 0 Å². The van der Waals surface area contributed by atoms with E-state index in [2.05, 4.69) is 6.92 Å². The molecule has 0 aromatic heterocycles. The first-order valence-electron chi connectivity index (χ1n) is 6.54. The van der Waals surface area contributed by atoms with Crippen molar-refractivity contribution in [1.29, 1.82) is 0 Å². The van der Waals surface area contributed by atoms with Crippen molar-refractivity contribution in [2.45, 2.75) is 32.8 Å². The van der Waals surface area contributed by atoms with E-state index in [0.717, 1.165) is 23.6 Å². The first-order chi connectivity index (χ1) is 9.11. The summed E-state index contributed by atoms with van der Waals surface area (Å²) in [5.74, 6) is -0.503. The van der Waals surface area contributed by atoms with Gasteiger partial charge < -0.3 is 9.84 Å². The fourth-order valence-electron chi connectivity index (χ4n) is 2.17. The molecule has 19 heavy (non-hydrogen) atoms. The third-order valence-corrected chi connectivity index (χ3v) is 3.10. The van der Waals surface area contributed by atoms with E-state index in [1.165, 1.54) is 0 Å². The lowest BCUT2D eigenvalue weighted by Gasteiger charge is -2.16. The smallest absolute Gasteiger partial charge is 0.339 e. The average molecular weight is 258 g/mol. The Labute approximate surface area is 112 Å². The van der Waals surface area contributed by atoms with Crippen molar-refractivity contribution in [1.82, 2.24) is 0 Å². The molecule has 1 unspecified atom stereocenters. The highest BCUT2D eigenvalue weighted by atomic mass is 16.5. The second-order valence-corrected chi connectivity index (χ2v) is 4.72. The van der Waals surface area contributed by atoms with Crippen LogP contribution in [0.25, 0.3) is 10.8 Å². The average Bonchev–Trinajstić information content (AvgIpc) is 2.38. The van der Waals surface area contributed by atoms with Crippen LogP contribution in [-0.2, 0) is 0 Å². The first kappa shape index (κ1) is 13.4. The van der Waals surface area contributed by atoms with Crippen molar-refractivity contribution in [3.05, 3.63) is 42.0 Å². The van der Waals surface area contributed by atoms with E-state index in [1.807, 2.05) is 37.3 Å². The van der Waals surface area contributed by atoms with Crippen molar-refractivity contribution in [3.8, 4) is 5.75 Å². The summed E-state index contributed by atoms with van der Waals surface area (Å²) in [5, 5.41) is 11.2. The Kier molecular flexibility index (Phi) is 4.05. The molecular formula is C16H18O3. The van der Waals surface area contributed by atoms with Gasteiger partial charge in [-0.05, 0) is 36.2 Å². The van der Waals surface area contributed by atoms with E-state index in [0.29, 0.717) is 5.75 Å². The van der Waals surface area contributed by atoms with Crippen LogP contribution in [0.4, 0.5) is 0 Å². The van der Waals surface area contributed by atoms with E-state index in [9.17, 15) is 9.90 Å². The highest BCUT2D eigenvalue weighted by Crippen LogP contribution is 2.27. The number of hydrogen-bond acceptors (Lipinski definition) is 2. The zero-order chi connectivity index (χ0) is 13.8. The SMILES string of the molecule is CCCC(C)Oc1cc2ccccc2cc1C(=O)O. The van der Waals surface area contributed by atoms with Gasteiger partial charge in [0.15, 0.2) is 0 Å². The van der Waals surface area contributed by atoms with E-state index < -0.39 is 5.97 Å². The Morgan fingerprint density at radius 2 is 1.89 bits per heavy atom. The zero-order valence-corrected chi connectivity index (χ0v) is 11.2. The quantitative estimate of drug-likeness (QED) is 0.878. The molecule has 2 rings (SSSR count). The van der Waals surface area contributed by atoms with E-state index in [4.69, 9.17) is 4.74 Å². The molecule has 100 valence electrons. The second-order valence-electron chi connectivity index (χ2n) is 4.72. The van der Waals surface area contributed by atoms with Gasteiger partial charge in [0, 0.05) is 0 Å². The van der Waals surface area contributed by atoms with Crippen LogP contribution in [0.3, 0.4) is 0 Å². The molecule has 0 saturated carbocycles. The normalized spacial score (nSPS) is 12.3. The number of aromatic carboxylic acids is 1. The van der Waals surface area contributed by atoms with Crippen LogP contribution in [-0.4, -0.2) is 17.2 Å². The third-order valence-electron chi connectivity index (χ3n) is 3.10. The lowest BCUT2D eigenvalue weighted by Crippen LogP contribution is -2.13. The van der Waals surface area contributed by atoms with Crippen LogP contribution in [0.1, 0.15) is 37.0 Å². The van der Waals surface area contributed by atoms with Crippen molar-refractivity contribution in [2.24, 2.45) is 0 Å². The molecule has 0 amide bonds. The fraction of sp³-hybridized carbons (Fsp3) is 0.312. The molecule has 3 nitrogen and oxygen atoms in total. The van der Waals surface area contributed by atoms with Crippen molar-refractivity contribution in [3.63, 3.8) is 0 Å². The molecule has 3 heteroatoms. The minimum atomic E-state index is -0.954. The number of fused-ring (bicyclic) bond motifs is 1. The second kappa shape index (κ2) is 5.74. The largest absolute Gasteiger partial charge is 0.490 e. The molecule has 2 aromatic carbocycles. The van der Waals surface area contributed by atoms with Gasteiger partial charge in [-0.3, -0.25) is 0 Å². The summed E-state index contributed by atoms with van der Waals surface area (Å²) < 4.78 is 5.77. The minimum absolute atomic E-state index is 0.0178. The number of carbonyl (C=O) groups is 1. The maximum Gasteiger partial charge on any atom is 0.339 e. The van der Waals surface area contributed by atoms with Gasteiger partial charge in [-0.15, -0.1) is 0 Å². The van der Waals surface area contributed by atoms with Crippen LogP contribution >= 0.6 is 0 Å². The van der Waals surface area contributed by atoms with Crippen molar-refractivity contribution >= 4 is 16.7 Å². The Balaban J connectivity index is 2.44. The summed E-state index contributed by atoms with van der Waals surface area (Å²) in [5.41, 5.74) is 0.224. The topological polar surface area (TPSA) is 46.5 Å². The summed E-state index contributed by atoms with van der Waals surface area (Å²) in [7, 11) is 0. The molecule has 0 spiro atoms. The molecule has 0 saturated heterocycles. The highest BCUT2D eigenvalue weighted by molar-refractivity contribution is 5.97. The molecule has 0 fully saturated rings. The lowest BCUT2D eigenvalue weighted by molar-refractivity contribution is 0.0689. The van der Waals surface area contributed by atoms with Gasteiger partial charge in [0.2, 0.25) is 0 Å². The summed E-state index contributed by atoms with van der Waals surface area (Å²) in [6.45, 7) is 4.04. The molecule has 0 aliphatic carbocycles. The van der Waals surface area contributed by atoms with Crippen LogP contribution < -0.4 is 4.74 Å². The van der Waals surface area contributed by atoms with Gasteiger partial charge >= 0.3 is 5.97 Å². The van der Waals surface area contributed by atoms with Crippen molar-refractivity contribution in [2.75, 3.05) is 0 Å². The summed E-state index contributed by atoms with van der Waals surface area (Å²) in [6.07, 6.45) is 1.94. The van der Waals surface area contributed by atoms with Gasteiger partial charge in [-0.25, -0.2) is 4.79 Å². The Hall–Kier alpha value is -2.03. The molecule has 0 bridgehead atoms. The van der Waals surface area contributed by atoms with Crippen LogP contribution in [0.5, 0.6) is 5.75 Å². The summed E-state index contributed by atoms with van der Waals surface area (Å²) in [6, 6.07) is 11.2. The Morgan fingerprint density at radius 1 is 1.26 bits per heavy atom. The van der Waals surface area contributed by atoms with E-state index in [-0.39, 0.29) is 11.7 Å². The Bertz CT molecular complexity index is 590. The minimum Gasteiger partial charge on any atom is -0.490 e. The van der Waals surface area contributed by atoms with Gasteiger partial charge in [0.25, 0.3) is 0 Å². The zero-order valence-electron chi connectivity index (χ0n) is 11.2. The maximum absolute atomic E-state index is 11.3. The van der Waals surface area contributed by atoms with Crippen LogP contribution in [0.2, 0.25) is 0 Å². The molecule has 0 aliphatic heterocycles. The standard InChI is InChI=1S/C16H18O3/c1-3-6-11(2)19-15-10-13-8-5-4-7-12(13)9-14(15)16(17)18/h4-5,7-11H,3,6H2,1-2H3,(H,17,18). The van der Waals surface area contributed by atoms with Crippen molar-refractivity contribution < 1.29 is 14.6 Å². The van der Waals surface area contributed by atoms with Gasteiger partial charge in [0.1, 0.15) is 11.3 Å². The fourth-order valence-corrected chi connectivity index (χ4v) is 2.17. The predicted octanol–water partition coefficient (Wildman–Crippen LogP) is 4.11. The van der Waals surface area contributed by atoms with Gasteiger partial charge in [-0.1, -0.05) is 37.6 Å².